The van der Waals surface area contributed by atoms with Crippen molar-refractivity contribution in [2.45, 2.75) is 118 Å². The highest BCUT2D eigenvalue weighted by Gasteiger charge is 2.32. The molecule has 0 aliphatic carbocycles. The van der Waals surface area contributed by atoms with Gasteiger partial charge >= 0.3 is 0 Å². The van der Waals surface area contributed by atoms with Crippen molar-refractivity contribution >= 4 is 0 Å². The molecule has 0 aromatic heterocycles. The largest absolute Gasteiger partial charge is 0.508 e. The van der Waals surface area contributed by atoms with Gasteiger partial charge in [0.15, 0.2) is 0 Å². The zero-order valence-electron chi connectivity index (χ0n) is 23.6. The van der Waals surface area contributed by atoms with E-state index in [1.807, 2.05) is 6.92 Å². The van der Waals surface area contributed by atoms with Crippen LogP contribution in [0.1, 0.15) is 115 Å². The van der Waals surface area contributed by atoms with E-state index in [1.54, 1.807) is 6.92 Å². The summed E-state index contributed by atoms with van der Waals surface area (Å²) in [6, 6.07) is -0.365. The van der Waals surface area contributed by atoms with Crippen molar-refractivity contribution in [2.24, 2.45) is 17.8 Å². The second kappa shape index (κ2) is 11.3. The molecular formula is C27H46O2. The SMILES string of the molecule is [2H]c1c(C)c2c(c([2H])c1O)C([2H])C([2H])C(C)(CCC[C@@H](C)CCC[C@@H](C)CCCC(C)C)O2. The standard InChI is InChI=1S/C27H46O2/c1-20(2)10-7-11-21(3)12-8-13-22(4)14-9-16-27(6)17-15-24-19-25(28)18-23(5)26(24)29-27/h18-22,28H,7-17H2,1-6H3/t21-,22-,27?/m0/s1/i15D,17D,18D,19D/t15?,17?,21-,22-,27?. The molecule has 0 bridgehead atoms. The lowest BCUT2D eigenvalue weighted by Crippen LogP contribution is -2.36. The number of aromatic hydroxyl groups is 1. The molecule has 0 amide bonds. The van der Waals surface area contributed by atoms with Crippen molar-refractivity contribution in [1.29, 1.82) is 0 Å². The Balaban J connectivity index is 1.86. The average Bonchev–Trinajstić information content (AvgIpc) is 2.74. The van der Waals surface area contributed by atoms with Crippen LogP contribution in [-0.2, 0) is 6.40 Å². The summed E-state index contributed by atoms with van der Waals surface area (Å²) in [4.78, 5) is 0. The maximum absolute atomic E-state index is 10.1. The number of hydrogen-bond donors (Lipinski definition) is 1. The van der Waals surface area contributed by atoms with E-state index in [4.69, 9.17) is 10.2 Å². The average molecular weight is 407 g/mol. The van der Waals surface area contributed by atoms with Crippen LogP contribution in [0, 0.1) is 24.7 Å². The van der Waals surface area contributed by atoms with Crippen LogP contribution in [0.25, 0.3) is 0 Å². The predicted molar refractivity (Wildman–Crippen MR) is 125 cm³/mol. The lowest BCUT2D eigenvalue weighted by molar-refractivity contribution is 0.0515. The molecule has 2 heteroatoms. The summed E-state index contributed by atoms with van der Waals surface area (Å²) >= 11 is 0. The summed E-state index contributed by atoms with van der Waals surface area (Å²) in [6.07, 6.45) is 8.66. The van der Waals surface area contributed by atoms with E-state index in [1.165, 1.54) is 38.5 Å². The third-order valence-corrected chi connectivity index (χ3v) is 6.32. The van der Waals surface area contributed by atoms with Crippen LogP contribution in [-0.4, -0.2) is 10.7 Å². The highest BCUT2D eigenvalue weighted by atomic mass is 16.5. The zero-order chi connectivity index (χ0) is 24.9. The molecule has 1 aromatic rings. The van der Waals surface area contributed by atoms with Gasteiger partial charge in [-0.3, -0.25) is 0 Å². The predicted octanol–water partition coefficient (Wildman–Crippen LogP) is 8.22. The minimum atomic E-state index is -0.967. The molecule has 0 saturated carbocycles. The first kappa shape index (κ1) is 18.6. The van der Waals surface area contributed by atoms with Crippen molar-refractivity contribution in [3.63, 3.8) is 0 Å². The number of rotatable bonds is 12. The maximum Gasteiger partial charge on any atom is 0.126 e. The minimum absolute atomic E-state index is 0.121. The number of phenols is 1. The highest BCUT2D eigenvalue weighted by molar-refractivity contribution is 5.47. The fourth-order valence-corrected chi connectivity index (χ4v) is 4.34. The highest BCUT2D eigenvalue weighted by Crippen LogP contribution is 2.40. The van der Waals surface area contributed by atoms with E-state index in [2.05, 4.69) is 27.7 Å². The topological polar surface area (TPSA) is 29.5 Å². The second-order valence-corrected chi connectivity index (χ2v) is 10.1. The van der Waals surface area contributed by atoms with E-state index < -0.39 is 24.1 Å². The maximum atomic E-state index is 10.1. The molecule has 1 aliphatic heterocycles. The Morgan fingerprint density at radius 2 is 1.62 bits per heavy atom. The molecule has 2 rings (SSSR count). The molecule has 0 fully saturated rings. The summed E-state index contributed by atoms with van der Waals surface area (Å²) in [7, 11) is 0. The Morgan fingerprint density at radius 1 is 1.03 bits per heavy atom. The quantitative estimate of drug-likeness (QED) is 0.379. The zero-order valence-corrected chi connectivity index (χ0v) is 19.6. The number of hydrogen-bond acceptors (Lipinski definition) is 2. The van der Waals surface area contributed by atoms with Crippen molar-refractivity contribution < 1.29 is 15.3 Å². The van der Waals surface area contributed by atoms with Crippen LogP contribution in [0.5, 0.6) is 11.5 Å². The van der Waals surface area contributed by atoms with Crippen LogP contribution in [0.15, 0.2) is 12.1 Å². The van der Waals surface area contributed by atoms with Gasteiger partial charge in [0.2, 0.25) is 0 Å². The van der Waals surface area contributed by atoms with Gasteiger partial charge in [0, 0.05) is 2.74 Å². The molecule has 166 valence electrons. The van der Waals surface area contributed by atoms with E-state index >= 15 is 0 Å². The van der Waals surface area contributed by atoms with Crippen LogP contribution in [0.2, 0.25) is 0 Å². The molecule has 29 heavy (non-hydrogen) atoms. The van der Waals surface area contributed by atoms with Gasteiger partial charge in [0.1, 0.15) is 17.1 Å². The van der Waals surface area contributed by atoms with Crippen LogP contribution in [0.4, 0.5) is 0 Å². The lowest BCUT2D eigenvalue weighted by atomic mass is 9.85. The summed E-state index contributed by atoms with van der Waals surface area (Å²) in [5.74, 6) is 2.16. The van der Waals surface area contributed by atoms with Gasteiger partial charge in [-0.1, -0.05) is 72.6 Å². The minimum Gasteiger partial charge on any atom is -0.508 e. The first-order valence-corrected chi connectivity index (χ1v) is 11.7. The number of phenolic OH excluding ortho intramolecular Hbond substituents is 1. The Kier molecular flexibility index (Phi) is 7.22. The normalized spacial score (nSPS) is 28.0. The molecule has 2 nitrogen and oxygen atoms in total. The molecule has 0 spiro atoms. The van der Waals surface area contributed by atoms with Gasteiger partial charge in [-0.05, 0) is 80.4 Å². The molecule has 0 saturated heterocycles. The molecule has 1 N–H and O–H groups in total. The van der Waals surface area contributed by atoms with E-state index in [9.17, 15) is 5.11 Å². The lowest BCUT2D eigenvalue weighted by Gasteiger charge is -2.37. The molecule has 1 heterocycles. The molecule has 3 unspecified atom stereocenters. The summed E-state index contributed by atoms with van der Waals surface area (Å²) in [5, 5.41) is 10.1. The molecular weight excluding hydrogens is 356 g/mol. The molecule has 1 aliphatic rings. The van der Waals surface area contributed by atoms with Gasteiger partial charge in [0.05, 0.1) is 2.74 Å². The van der Waals surface area contributed by atoms with Gasteiger partial charge in [0.25, 0.3) is 0 Å². The van der Waals surface area contributed by atoms with Crippen LogP contribution in [0.3, 0.4) is 0 Å². The van der Waals surface area contributed by atoms with Gasteiger partial charge in [-0.15, -0.1) is 0 Å². The number of ether oxygens (including phenoxy) is 1. The molecule has 1 aromatic carbocycles. The van der Waals surface area contributed by atoms with Gasteiger partial charge in [-0.25, -0.2) is 0 Å². The van der Waals surface area contributed by atoms with Crippen LogP contribution < -0.4 is 4.74 Å². The van der Waals surface area contributed by atoms with Crippen molar-refractivity contribution in [3.8, 4) is 11.5 Å². The first-order chi connectivity index (χ1) is 15.4. The third-order valence-electron chi connectivity index (χ3n) is 6.32. The summed E-state index contributed by atoms with van der Waals surface area (Å²) in [6.45, 7) is 12.8. The van der Waals surface area contributed by atoms with Crippen LogP contribution >= 0.6 is 0 Å². The third kappa shape index (κ3) is 8.22. The van der Waals surface area contributed by atoms with Gasteiger partial charge < -0.3 is 9.84 Å². The Morgan fingerprint density at radius 3 is 2.24 bits per heavy atom. The Labute approximate surface area is 186 Å². The molecule has 0 radical (unpaired) electrons. The fourth-order valence-electron chi connectivity index (χ4n) is 4.34. The van der Waals surface area contributed by atoms with E-state index in [0.717, 1.165) is 24.7 Å². The summed E-state index contributed by atoms with van der Waals surface area (Å²) in [5.41, 5.74) is -0.135. The second-order valence-electron chi connectivity index (χ2n) is 10.1. The molecule has 5 atom stereocenters. The van der Waals surface area contributed by atoms with Crippen molar-refractivity contribution in [1.82, 2.24) is 0 Å². The van der Waals surface area contributed by atoms with Crippen molar-refractivity contribution in [2.75, 3.05) is 0 Å². The smallest absolute Gasteiger partial charge is 0.126 e. The first-order valence-electron chi connectivity index (χ1n) is 13.9. The fraction of sp³-hybridized carbons (Fsp3) is 0.778. The number of benzene rings is 1. The number of fused-ring (bicyclic) bond motifs is 1. The van der Waals surface area contributed by atoms with Gasteiger partial charge in [-0.2, -0.15) is 0 Å². The Hall–Kier alpha value is -1.18. The van der Waals surface area contributed by atoms with Crippen molar-refractivity contribution in [3.05, 3.63) is 23.2 Å². The van der Waals surface area contributed by atoms with E-state index in [-0.39, 0.29) is 17.6 Å². The monoisotopic (exact) mass is 406 g/mol. The Bertz CT molecular complexity index is 782. The summed E-state index contributed by atoms with van der Waals surface area (Å²) < 4.78 is 39.7. The van der Waals surface area contributed by atoms with E-state index in [0.29, 0.717) is 23.7 Å².